The van der Waals surface area contributed by atoms with Gasteiger partial charge in [0.25, 0.3) is 0 Å². The van der Waals surface area contributed by atoms with Gasteiger partial charge in [-0.3, -0.25) is 0 Å². The van der Waals surface area contributed by atoms with Gasteiger partial charge in [0.15, 0.2) is 0 Å². The maximum Gasteiger partial charge on any atom is -0.0100 e. The summed E-state index contributed by atoms with van der Waals surface area (Å²) in [6.45, 7) is 4.65. The van der Waals surface area contributed by atoms with Crippen LogP contribution in [0.4, 0.5) is 0 Å². The zero-order valence-electron chi connectivity index (χ0n) is 10.7. The first kappa shape index (κ1) is 11.9. The van der Waals surface area contributed by atoms with Gasteiger partial charge in [0, 0.05) is 0 Å². The largest absolute Gasteiger partial charge is 0.0622 e. The molecule has 0 aliphatic heterocycles. The van der Waals surface area contributed by atoms with Crippen LogP contribution in [0.5, 0.6) is 0 Å². The van der Waals surface area contributed by atoms with Crippen molar-refractivity contribution in [2.75, 3.05) is 0 Å². The number of hydrogen-bond acceptors (Lipinski definition) is 0. The fourth-order valence-corrected chi connectivity index (χ4v) is 2.14. The number of aryl methyl sites for hydroxylation is 1. The number of benzene rings is 2. The van der Waals surface area contributed by atoms with E-state index in [9.17, 15) is 0 Å². The molecule has 0 bridgehead atoms. The van der Waals surface area contributed by atoms with E-state index in [1.165, 1.54) is 17.5 Å². The lowest BCUT2D eigenvalue weighted by Crippen LogP contribution is -2.17. The molecule has 0 heteroatoms. The van der Waals surface area contributed by atoms with Crippen LogP contribution in [0.1, 0.15) is 31.4 Å². The Morgan fingerprint density at radius 2 is 1.29 bits per heavy atom. The van der Waals surface area contributed by atoms with Gasteiger partial charge in [-0.25, -0.2) is 0 Å². The van der Waals surface area contributed by atoms with E-state index < -0.39 is 0 Å². The Morgan fingerprint density at radius 1 is 0.765 bits per heavy atom. The lowest BCUT2D eigenvalue weighted by Gasteiger charge is -2.25. The summed E-state index contributed by atoms with van der Waals surface area (Å²) < 4.78 is 0. The molecule has 88 valence electrons. The van der Waals surface area contributed by atoms with Crippen molar-refractivity contribution in [3.8, 4) is 0 Å². The molecule has 0 amide bonds. The smallest absolute Gasteiger partial charge is 0.0100 e. The van der Waals surface area contributed by atoms with E-state index in [0.717, 1.165) is 6.42 Å². The van der Waals surface area contributed by atoms with E-state index in [1.54, 1.807) is 0 Å². The minimum Gasteiger partial charge on any atom is -0.0622 e. The second-order valence-corrected chi connectivity index (χ2v) is 5.24. The highest BCUT2D eigenvalue weighted by molar-refractivity contribution is 5.24. The van der Waals surface area contributed by atoms with Crippen molar-refractivity contribution in [2.24, 2.45) is 0 Å². The third-order valence-corrected chi connectivity index (χ3v) is 3.44. The minimum atomic E-state index is 0.247. The highest BCUT2D eigenvalue weighted by Gasteiger charge is 2.19. The van der Waals surface area contributed by atoms with E-state index >= 15 is 0 Å². The summed E-state index contributed by atoms with van der Waals surface area (Å²) >= 11 is 0. The van der Waals surface area contributed by atoms with Crippen LogP contribution in [-0.2, 0) is 11.8 Å². The summed E-state index contributed by atoms with van der Waals surface area (Å²) in [5.41, 5.74) is 3.10. The van der Waals surface area contributed by atoms with Crippen LogP contribution in [0, 0.1) is 0 Å². The molecule has 0 unspecified atom stereocenters. The monoisotopic (exact) mass is 224 g/mol. The van der Waals surface area contributed by atoms with Gasteiger partial charge in [-0.1, -0.05) is 74.5 Å². The Labute approximate surface area is 104 Å². The predicted molar refractivity (Wildman–Crippen MR) is 74.2 cm³/mol. The number of hydrogen-bond donors (Lipinski definition) is 0. The van der Waals surface area contributed by atoms with Crippen molar-refractivity contribution in [3.05, 3.63) is 71.8 Å². The van der Waals surface area contributed by atoms with Gasteiger partial charge in [0.05, 0.1) is 0 Å². The summed E-state index contributed by atoms with van der Waals surface area (Å²) in [4.78, 5) is 0. The van der Waals surface area contributed by atoms with Crippen molar-refractivity contribution in [3.63, 3.8) is 0 Å². The van der Waals surface area contributed by atoms with Crippen LogP contribution >= 0.6 is 0 Å². The van der Waals surface area contributed by atoms with Crippen molar-refractivity contribution < 1.29 is 0 Å². The third-order valence-electron chi connectivity index (χ3n) is 3.44. The maximum absolute atomic E-state index is 2.32. The molecule has 2 rings (SSSR count). The molecule has 17 heavy (non-hydrogen) atoms. The lowest BCUT2D eigenvalue weighted by molar-refractivity contribution is 0.480. The fraction of sp³-hybridized carbons (Fsp3) is 0.294. The lowest BCUT2D eigenvalue weighted by atomic mass is 9.80. The zero-order chi connectivity index (χ0) is 12.1. The molecule has 0 heterocycles. The van der Waals surface area contributed by atoms with Gasteiger partial charge >= 0.3 is 0 Å². The molecule has 0 spiro atoms. The maximum atomic E-state index is 2.32. The van der Waals surface area contributed by atoms with Gasteiger partial charge < -0.3 is 0 Å². The topological polar surface area (TPSA) is 0 Å². The molecule has 0 aliphatic rings. The first-order valence-electron chi connectivity index (χ1n) is 6.28. The first-order chi connectivity index (χ1) is 8.18. The quantitative estimate of drug-likeness (QED) is 0.712. The molecule has 0 saturated carbocycles. The molecule has 0 nitrogen and oxygen atoms in total. The molecule has 0 atom stereocenters. The SMILES string of the molecule is CC(C)(CCc1ccccc1)c1ccccc1. The van der Waals surface area contributed by atoms with Crippen molar-refractivity contribution in [1.29, 1.82) is 0 Å². The Kier molecular flexibility index (Phi) is 3.63. The number of rotatable bonds is 4. The van der Waals surface area contributed by atoms with E-state index in [4.69, 9.17) is 0 Å². The highest BCUT2D eigenvalue weighted by Crippen LogP contribution is 2.28. The standard InChI is InChI=1S/C17H20/c1-17(2,16-11-7-4-8-12-16)14-13-15-9-5-3-6-10-15/h3-12H,13-14H2,1-2H3. The molecule has 2 aromatic carbocycles. The van der Waals surface area contributed by atoms with Crippen molar-refractivity contribution in [2.45, 2.75) is 32.1 Å². The van der Waals surface area contributed by atoms with Crippen LogP contribution < -0.4 is 0 Å². The second-order valence-electron chi connectivity index (χ2n) is 5.24. The molecule has 0 radical (unpaired) electrons. The van der Waals surface area contributed by atoms with Crippen LogP contribution in [-0.4, -0.2) is 0 Å². The van der Waals surface area contributed by atoms with E-state index in [0.29, 0.717) is 0 Å². The third kappa shape index (κ3) is 3.20. The van der Waals surface area contributed by atoms with E-state index in [-0.39, 0.29) is 5.41 Å². The summed E-state index contributed by atoms with van der Waals surface area (Å²) in [6.07, 6.45) is 2.32. The molecule has 0 N–H and O–H groups in total. The van der Waals surface area contributed by atoms with Gasteiger partial charge in [-0.2, -0.15) is 0 Å². The van der Waals surface area contributed by atoms with Gasteiger partial charge in [0.1, 0.15) is 0 Å². The van der Waals surface area contributed by atoms with Crippen LogP contribution in [0.2, 0.25) is 0 Å². The van der Waals surface area contributed by atoms with Gasteiger partial charge in [-0.15, -0.1) is 0 Å². The molecule has 0 aromatic heterocycles. The predicted octanol–water partition coefficient (Wildman–Crippen LogP) is 4.60. The molecule has 2 aromatic rings. The van der Waals surface area contributed by atoms with Crippen LogP contribution in [0.3, 0.4) is 0 Å². The van der Waals surface area contributed by atoms with Gasteiger partial charge in [0.2, 0.25) is 0 Å². The van der Waals surface area contributed by atoms with Crippen molar-refractivity contribution >= 4 is 0 Å². The van der Waals surface area contributed by atoms with E-state index in [2.05, 4.69) is 74.5 Å². The molecule has 0 aliphatic carbocycles. The van der Waals surface area contributed by atoms with E-state index in [1.807, 2.05) is 0 Å². The summed E-state index contributed by atoms with van der Waals surface area (Å²) in [7, 11) is 0. The first-order valence-corrected chi connectivity index (χ1v) is 6.28. The summed E-state index contributed by atoms with van der Waals surface area (Å²) in [6, 6.07) is 21.5. The minimum absolute atomic E-state index is 0.247. The molecular formula is C17H20. The molecule has 0 saturated heterocycles. The Hall–Kier alpha value is -1.56. The normalized spacial score (nSPS) is 11.4. The average molecular weight is 224 g/mol. The molecule has 0 fully saturated rings. The Morgan fingerprint density at radius 3 is 1.88 bits per heavy atom. The van der Waals surface area contributed by atoms with Gasteiger partial charge in [-0.05, 0) is 29.4 Å². The van der Waals surface area contributed by atoms with Crippen molar-refractivity contribution in [1.82, 2.24) is 0 Å². The highest BCUT2D eigenvalue weighted by atomic mass is 14.2. The average Bonchev–Trinajstić information content (AvgIpc) is 2.39. The summed E-state index contributed by atoms with van der Waals surface area (Å²) in [5.74, 6) is 0. The summed E-state index contributed by atoms with van der Waals surface area (Å²) in [5, 5.41) is 0. The Balaban J connectivity index is 2.03. The Bertz CT molecular complexity index is 440. The van der Waals surface area contributed by atoms with Crippen LogP contribution in [0.15, 0.2) is 60.7 Å². The fourth-order valence-electron chi connectivity index (χ4n) is 2.14. The van der Waals surface area contributed by atoms with Crippen LogP contribution in [0.25, 0.3) is 0 Å². The molecular weight excluding hydrogens is 204 g/mol. The second kappa shape index (κ2) is 5.18. The zero-order valence-corrected chi connectivity index (χ0v) is 10.7.